The van der Waals surface area contributed by atoms with Gasteiger partial charge in [0.1, 0.15) is 11.6 Å². The highest BCUT2D eigenvalue weighted by molar-refractivity contribution is 9.10. The van der Waals surface area contributed by atoms with Crippen LogP contribution in [-0.4, -0.2) is 23.0 Å². The summed E-state index contributed by atoms with van der Waals surface area (Å²) in [6.07, 6.45) is 3.03. The fraction of sp³-hybridized carbons (Fsp3) is 0.211. The molecule has 8 heteroatoms. The van der Waals surface area contributed by atoms with E-state index >= 15 is 0 Å². The number of aromatic nitrogens is 2. The molecule has 0 amide bonds. The highest BCUT2D eigenvalue weighted by atomic mass is 79.9. The Morgan fingerprint density at radius 1 is 1.30 bits per heavy atom. The molecule has 0 saturated carbocycles. The van der Waals surface area contributed by atoms with E-state index in [0.29, 0.717) is 44.0 Å². The molecule has 0 saturated heterocycles. The third-order valence-electron chi connectivity index (χ3n) is 3.90. The molecule has 3 aromatic rings. The molecule has 140 valence electrons. The summed E-state index contributed by atoms with van der Waals surface area (Å²) < 4.78 is 8.27. The molecule has 0 unspecified atom stereocenters. The van der Waals surface area contributed by atoms with Crippen LogP contribution in [0.3, 0.4) is 0 Å². The molecule has 0 aliphatic rings. The second kappa shape index (κ2) is 8.54. The van der Waals surface area contributed by atoms with E-state index in [-0.39, 0.29) is 5.56 Å². The number of hydrogen-bond acceptors (Lipinski definition) is 4. The van der Waals surface area contributed by atoms with Crippen molar-refractivity contribution in [3.05, 3.63) is 66.0 Å². The number of aryl methyl sites for hydroxylation is 1. The van der Waals surface area contributed by atoms with Crippen LogP contribution in [0.15, 0.2) is 49.2 Å². The Morgan fingerprint density at radius 3 is 2.78 bits per heavy atom. The fourth-order valence-corrected chi connectivity index (χ4v) is 4.07. The number of methoxy groups -OCH3 is 1. The lowest BCUT2D eigenvalue weighted by Crippen LogP contribution is -2.22. The lowest BCUT2D eigenvalue weighted by atomic mass is 10.2. The van der Waals surface area contributed by atoms with Crippen LogP contribution in [0.25, 0.3) is 10.9 Å². The third-order valence-corrected chi connectivity index (χ3v) is 5.20. The molecule has 5 nitrogen and oxygen atoms in total. The largest absolute Gasteiger partial charge is 0.495 e. The lowest BCUT2D eigenvalue weighted by Gasteiger charge is -2.10. The van der Waals surface area contributed by atoms with Crippen LogP contribution in [0.4, 0.5) is 0 Å². The molecule has 1 aromatic heterocycles. The van der Waals surface area contributed by atoms with Gasteiger partial charge in [-0.15, -0.1) is 0 Å². The first kappa shape index (κ1) is 20.0. The van der Waals surface area contributed by atoms with Crippen LogP contribution in [0.5, 0.6) is 5.75 Å². The standard InChI is InChI=1S/C19H16Br2ClN3O2/c1-3-4-17-24-16-6-5-12(20)8-14(16)19(26)25(17)23-10-11-7-13(22)9-15(21)18(11)27-2/h5-10H,3-4H2,1-2H3. The molecular formula is C19H16Br2ClN3O2. The van der Waals surface area contributed by atoms with Gasteiger partial charge in [-0.25, -0.2) is 4.98 Å². The second-order valence-electron chi connectivity index (χ2n) is 5.81. The van der Waals surface area contributed by atoms with Crippen LogP contribution >= 0.6 is 43.5 Å². The monoisotopic (exact) mass is 511 g/mol. The fourth-order valence-electron chi connectivity index (χ4n) is 2.71. The number of benzene rings is 2. The van der Waals surface area contributed by atoms with Gasteiger partial charge in [-0.05, 0) is 52.7 Å². The van der Waals surface area contributed by atoms with Crippen molar-refractivity contribution in [1.29, 1.82) is 0 Å². The molecule has 27 heavy (non-hydrogen) atoms. The lowest BCUT2D eigenvalue weighted by molar-refractivity contribution is 0.411. The summed E-state index contributed by atoms with van der Waals surface area (Å²) in [6.45, 7) is 2.03. The molecule has 0 aliphatic carbocycles. The summed E-state index contributed by atoms with van der Waals surface area (Å²) in [4.78, 5) is 17.6. The van der Waals surface area contributed by atoms with Crippen molar-refractivity contribution in [3.63, 3.8) is 0 Å². The Bertz CT molecular complexity index is 1100. The van der Waals surface area contributed by atoms with Crippen LogP contribution < -0.4 is 10.3 Å². The highest BCUT2D eigenvalue weighted by Gasteiger charge is 2.12. The molecule has 0 fully saturated rings. The molecule has 0 N–H and O–H groups in total. The Labute approximate surface area is 178 Å². The maximum absolute atomic E-state index is 13.0. The normalized spacial score (nSPS) is 11.4. The minimum Gasteiger partial charge on any atom is -0.495 e. The Kier molecular flexibility index (Phi) is 6.34. The van der Waals surface area contributed by atoms with E-state index < -0.39 is 0 Å². The van der Waals surface area contributed by atoms with Gasteiger partial charge < -0.3 is 4.74 Å². The van der Waals surface area contributed by atoms with Gasteiger partial charge in [0.15, 0.2) is 0 Å². The highest BCUT2D eigenvalue weighted by Crippen LogP contribution is 2.31. The van der Waals surface area contributed by atoms with Gasteiger partial charge in [-0.2, -0.15) is 9.78 Å². The predicted molar refractivity (Wildman–Crippen MR) is 116 cm³/mol. The number of hydrogen-bond donors (Lipinski definition) is 0. The number of nitrogens with zero attached hydrogens (tertiary/aromatic N) is 3. The number of halogens is 3. The summed E-state index contributed by atoms with van der Waals surface area (Å²) >= 11 is 13.0. The molecule has 3 rings (SSSR count). The van der Waals surface area contributed by atoms with Crippen molar-refractivity contribution in [1.82, 2.24) is 9.66 Å². The Morgan fingerprint density at radius 2 is 2.07 bits per heavy atom. The first-order valence-corrected chi connectivity index (χ1v) is 10.2. The van der Waals surface area contributed by atoms with Gasteiger partial charge in [0.05, 0.1) is 28.7 Å². The topological polar surface area (TPSA) is 56.5 Å². The van der Waals surface area contributed by atoms with Crippen molar-refractivity contribution < 1.29 is 4.74 Å². The molecule has 0 radical (unpaired) electrons. The number of fused-ring (bicyclic) bond motifs is 1. The van der Waals surface area contributed by atoms with E-state index in [1.165, 1.54) is 4.68 Å². The van der Waals surface area contributed by atoms with E-state index in [0.717, 1.165) is 10.9 Å². The maximum atomic E-state index is 13.0. The maximum Gasteiger partial charge on any atom is 0.282 e. The quantitative estimate of drug-likeness (QED) is 0.428. The zero-order valence-corrected chi connectivity index (χ0v) is 18.6. The zero-order valence-electron chi connectivity index (χ0n) is 14.7. The van der Waals surface area contributed by atoms with Gasteiger partial charge in [0.2, 0.25) is 0 Å². The van der Waals surface area contributed by atoms with Gasteiger partial charge in [-0.1, -0.05) is 34.5 Å². The zero-order chi connectivity index (χ0) is 19.6. The Balaban J connectivity index is 2.19. The van der Waals surface area contributed by atoms with Gasteiger partial charge in [0.25, 0.3) is 5.56 Å². The third kappa shape index (κ3) is 4.25. The molecule has 0 aliphatic heterocycles. The van der Waals surface area contributed by atoms with Gasteiger partial charge >= 0.3 is 0 Å². The summed E-state index contributed by atoms with van der Waals surface area (Å²) in [5.74, 6) is 1.19. The molecule has 0 bridgehead atoms. The Hall–Kier alpha value is -1.70. The summed E-state index contributed by atoms with van der Waals surface area (Å²) in [7, 11) is 1.56. The summed E-state index contributed by atoms with van der Waals surface area (Å²) in [5, 5.41) is 5.44. The SMILES string of the molecule is CCCc1nc2ccc(Br)cc2c(=O)n1N=Cc1cc(Cl)cc(Br)c1OC. The average molecular weight is 514 g/mol. The van der Waals surface area contributed by atoms with Crippen LogP contribution in [0.1, 0.15) is 24.7 Å². The van der Waals surface area contributed by atoms with Crippen LogP contribution in [0, 0.1) is 0 Å². The van der Waals surface area contributed by atoms with E-state index in [4.69, 9.17) is 16.3 Å². The minimum absolute atomic E-state index is 0.221. The van der Waals surface area contributed by atoms with Crippen molar-refractivity contribution in [2.45, 2.75) is 19.8 Å². The first-order chi connectivity index (χ1) is 12.9. The molecular weight excluding hydrogens is 497 g/mol. The molecule has 0 spiro atoms. The molecule has 1 heterocycles. The van der Waals surface area contributed by atoms with Crippen molar-refractivity contribution in [2.24, 2.45) is 5.10 Å². The number of ether oxygens (including phenoxy) is 1. The number of rotatable bonds is 5. The van der Waals surface area contributed by atoms with E-state index in [1.54, 1.807) is 31.5 Å². The predicted octanol–water partition coefficient (Wildman–Crippen LogP) is 5.42. The minimum atomic E-state index is -0.221. The second-order valence-corrected chi connectivity index (χ2v) is 8.02. The van der Waals surface area contributed by atoms with Gasteiger partial charge in [0, 0.05) is 21.5 Å². The van der Waals surface area contributed by atoms with Gasteiger partial charge in [-0.3, -0.25) is 4.79 Å². The van der Waals surface area contributed by atoms with E-state index in [1.807, 2.05) is 19.1 Å². The molecule has 2 aromatic carbocycles. The summed E-state index contributed by atoms with van der Waals surface area (Å²) in [5.41, 5.74) is 1.09. The van der Waals surface area contributed by atoms with E-state index in [9.17, 15) is 4.79 Å². The first-order valence-electron chi connectivity index (χ1n) is 8.23. The van der Waals surface area contributed by atoms with Crippen molar-refractivity contribution in [3.8, 4) is 5.75 Å². The van der Waals surface area contributed by atoms with Crippen LogP contribution in [0.2, 0.25) is 5.02 Å². The smallest absolute Gasteiger partial charge is 0.282 e. The van der Waals surface area contributed by atoms with Crippen LogP contribution in [-0.2, 0) is 6.42 Å². The van der Waals surface area contributed by atoms with E-state index in [2.05, 4.69) is 41.9 Å². The van der Waals surface area contributed by atoms with Crippen molar-refractivity contribution >= 4 is 60.6 Å². The molecule has 0 atom stereocenters. The van der Waals surface area contributed by atoms with Crippen molar-refractivity contribution in [2.75, 3.05) is 7.11 Å². The summed E-state index contributed by atoms with van der Waals surface area (Å²) in [6, 6.07) is 8.91. The average Bonchev–Trinajstić information content (AvgIpc) is 2.62.